The number of esters is 1. The molecule has 1 aliphatic rings. The molecule has 4 nitrogen and oxygen atoms in total. The summed E-state index contributed by atoms with van der Waals surface area (Å²) in [5, 5.41) is -0.169. The predicted molar refractivity (Wildman–Crippen MR) is 83.7 cm³/mol. The van der Waals surface area contributed by atoms with Gasteiger partial charge in [0.1, 0.15) is 6.04 Å². The Morgan fingerprint density at radius 2 is 1.90 bits per heavy atom. The van der Waals surface area contributed by atoms with Crippen LogP contribution in [0.25, 0.3) is 0 Å². The summed E-state index contributed by atoms with van der Waals surface area (Å²) in [6, 6.07) is 9.22. The zero-order valence-electron chi connectivity index (χ0n) is 12.8. The highest BCUT2D eigenvalue weighted by Gasteiger charge is 2.50. The van der Waals surface area contributed by atoms with E-state index in [0.29, 0.717) is 0 Å². The van der Waals surface area contributed by atoms with Gasteiger partial charge in [-0.3, -0.25) is 4.79 Å². The fraction of sp³-hybridized carbons (Fsp3) is 0.500. The van der Waals surface area contributed by atoms with E-state index < -0.39 is 6.04 Å². The molecule has 0 aliphatic carbocycles. The van der Waals surface area contributed by atoms with Gasteiger partial charge < -0.3 is 9.64 Å². The van der Waals surface area contributed by atoms with E-state index >= 15 is 0 Å². The van der Waals surface area contributed by atoms with Gasteiger partial charge in [0.2, 0.25) is 6.41 Å². The Balaban J connectivity index is 2.43. The fourth-order valence-corrected chi connectivity index (χ4v) is 4.35. The van der Waals surface area contributed by atoms with Crippen molar-refractivity contribution in [1.82, 2.24) is 4.90 Å². The average Bonchev–Trinajstić information content (AvgIpc) is 2.86. The molecule has 5 heteroatoms. The molecule has 0 aromatic heterocycles. The van der Waals surface area contributed by atoms with Crippen LogP contribution in [0.2, 0.25) is 0 Å². The van der Waals surface area contributed by atoms with Gasteiger partial charge in [0, 0.05) is 0 Å². The second-order valence-corrected chi connectivity index (χ2v) is 7.43. The summed E-state index contributed by atoms with van der Waals surface area (Å²) in [6.07, 6.45) is 0.771. The molecule has 21 heavy (non-hydrogen) atoms. The van der Waals surface area contributed by atoms with Gasteiger partial charge in [-0.25, -0.2) is 4.79 Å². The van der Waals surface area contributed by atoms with Crippen LogP contribution in [0.4, 0.5) is 0 Å². The fourth-order valence-electron chi connectivity index (χ4n) is 2.63. The molecular weight excluding hydrogens is 286 g/mol. The van der Waals surface area contributed by atoms with E-state index in [9.17, 15) is 9.59 Å². The second-order valence-electron chi connectivity index (χ2n) is 6.21. The third kappa shape index (κ3) is 3.07. The first-order valence-corrected chi connectivity index (χ1v) is 7.85. The zero-order chi connectivity index (χ0) is 15.6. The molecule has 114 valence electrons. The lowest BCUT2D eigenvalue weighted by atomic mass is 9.94. The van der Waals surface area contributed by atoms with E-state index in [4.69, 9.17) is 4.74 Å². The number of hydrogen-bond acceptors (Lipinski definition) is 4. The van der Waals surface area contributed by atoms with E-state index in [0.717, 1.165) is 12.0 Å². The van der Waals surface area contributed by atoms with Crippen LogP contribution in [0.15, 0.2) is 30.3 Å². The molecule has 0 unspecified atom stereocenters. The van der Waals surface area contributed by atoms with E-state index in [-0.39, 0.29) is 22.0 Å². The van der Waals surface area contributed by atoms with Crippen LogP contribution >= 0.6 is 11.8 Å². The van der Waals surface area contributed by atoms with Gasteiger partial charge in [-0.15, -0.1) is 11.8 Å². The van der Waals surface area contributed by atoms with Gasteiger partial charge in [0.25, 0.3) is 0 Å². The van der Waals surface area contributed by atoms with Gasteiger partial charge in [-0.05, 0) is 11.0 Å². The molecule has 0 saturated carbocycles. The maximum atomic E-state index is 12.2. The number of methoxy groups -OCH3 is 1. The summed E-state index contributed by atoms with van der Waals surface area (Å²) in [5.74, 6) is -0.366. The molecule has 3 atom stereocenters. The maximum absolute atomic E-state index is 12.2. The SMILES string of the molecule is COC(=O)[C@@H]1[C@@H](c2ccccc2)S[C@H](C(C)(C)C)N1C=O. The van der Waals surface area contributed by atoms with Crippen molar-refractivity contribution in [2.75, 3.05) is 7.11 Å². The van der Waals surface area contributed by atoms with Crippen molar-refractivity contribution in [3.8, 4) is 0 Å². The first kappa shape index (κ1) is 15.9. The Bertz CT molecular complexity index is 512. The molecule has 1 aliphatic heterocycles. The molecule has 1 saturated heterocycles. The highest BCUT2D eigenvalue weighted by molar-refractivity contribution is 8.00. The van der Waals surface area contributed by atoms with E-state index in [2.05, 4.69) is 20.8 Å². The molecule has 1 amide bonds. The van der Waals surface area contributed by atoms with Crippen molar-refractivity contribution >= 4 is 24.1 Å². The largest absolute Gasteiger partial charge is 0.467 e. The van der Waals surface area contributed by atoms with Crippen LogP contribution in [-0.4, -0.2) is 35.8 Å². The smallest absolute Gasteiger partial charge is 0.330 e. The second kappa shape index (κ2) is 6.10. The van der Waals surface area contributed by atoms with Crippen molar-refractivity contribution in [3.63, 3.8) is 0 Å². The molecule has 2 rings (SSSR count). The molecular formula is C16H21NO3S. The van der Waals surface area contributed by atoms with E-state index in [1.54, 1.807) is 16.7 Å². The lowest BCUT2D eigenvalue weighted by molar-refractivity contribution is -0.150. The Morgan fingerprint density at radius 1 is 1.29 bits per heavy atom. The monoisotopic (exact) mass is 307 g/mol. The number of benzene rings is 1. The number of ether oxygens (including phenoxy) is 1. The summed E-state index contributed by atoms with van der Waals surface area (Å²) < 4.78 is 4.93. The van der Waals surface area contributed by atoms with E-state index in [1.165, 1.54) is 7.11 Å². The average molecular weight is 307 g/mol. The van der Waals surface area contributed by atoms with Crippen LogP contribution in [0.3, 0.4) is 0 Å². The van der Waals surface area contributed by atoms with Crippen LogP contribution in [0.5, 0.6) is 0 Å². The number of amides is 1. The van der Waals surface area contributed by atoms with Gasteiger partial charge in [0.05, 0.1) is 17.7 Å². The Labute approximate surface area is 129 Å². The molecule has 0 radical (unpaired) electrons. The van der Waals surface area contributed by atoms with Crippen molar-refractivity contribution in [1.29, 1.82) is 0 Å². The summed E-state index contributed by atoms with van der Waals surface area (Å²) in [4.78, 5) is 25.4. The normalized spacial score (nSPS) is 25.7. The van der Waals surface area contributed by atoms with Crippen molar-refractivity contribution < 1.29 is 14.3 Å². The highest BCUT2D eigenvalue weighted by Crippen LogP contribution is 2.51. The number of thioether (sulfide) groups is 1. The molecule has 1 aromatic carbocycles. The number of carbonyl (C=O) groups is 2. The minimum atomic E-state index is -0.580. The minimum Gasteiger partial charge on any atom is -0.467 e. The van der Waals surface area contributed by atoms with Crippen LogP contribution in [0.1, 0.15) is 31.6 Å². The third-order valence-electron chi connectivity index (χ3n) is 3.59. The Morgan fingerprint density at radius 3 is 2.38 bits per heavy atom. The molecule has 1 heterocycles. The molecule has 1 aromatic rings. The van der Waals surface area contributed by atoms with Crippen LogP contribution < -0.4 is 0 Å². The number of carbonyl (C=O) groups excluding carboxylic acids is 2. The first-order chi connectivity index (χ1) is 9.90. The topological polar surface area (TPSA) is 46.6 Å². The maximum Gasteiger partial charge on any atom is 0.330 e. The van der Waals surface area contributed by atoms with Gasteiger partial charge in [0.15, 0.2) is 0 Å². The first-order valence-electron chi connectivity index (χ1n) is 6.91. The summed E-state index contributed by atoms with van der Waals surface area (Å²) in [5.41, 5.74) is 0.915. The number of hydrogen-bond donors (Lipinski definition) is 0. The standard InChI is InChI=1S/C16H21NO3S/c1-16(2,3)15-17(10-18)12(14(19)20-4)13(21-15)11-8-6-5-7-9-11/h5-10,12-13,15H,1-4H3/t12-,13+,15+/m0/s1. The van der Waals surface area contributed by atoms with Crippen LogP contribution in [-0.2, 0) is 14.3 Å². The quantitative estimate of drug-likeness (QED) is 0.636. The minimum absolute atomic E-state index is 0.0655. The molecule has 1 fully saturated rings. The highest BCUT2D eigenvalue weighted by atomic mass is 32.2. The summed E-state index contributed by atoms with van der Waals surface area (Å²) >= 11 is 1.65. The van der Waals surface area contributed by atoms with Crippen molar-refractivity contribution in [3.05, 3.63) is 35.9 Å². The van der Waals surface area contributed by atoms with Crippen molar-refractivity contribution in [2.24, 2.45) is 5.41 Å². The lowest BCUT2D eigenvalue weighted by Crippen LogP contribution is -2.46. The lowest BCUT2D eigenvalue weighted by Gasteiger charge is -2.33. The molecule has 0 N–H and O–H groups in total. The van der Waals surface area contributed by atoms with Gasteiger partial charge >= 0.3 is 5.97 Å². The molecule has 0 spiro atoms. The predicted octanol–water partition coefficient (Wildman–Crippen LogP) is 2.85. The number of rotatable bonds is 3. The summed E-state index contributed by atoms with van der Waals surface area (Å²) in [7, 11) is 1.36. The number of nitrogens with zero attached hydrogens (tertiary/aromatic N) is 1. The van der Waals surface area contributed by atoms with Gasteiger partial charge in [-0.2, -0.15) is 0 Å². The third-order valence-corrected chi connectivity index (χ3v) is 5.62. The van der Waals surface area contributed by atoms with Gasteiger partial charge in [-0.1, -0.05) is 51.1 Å². The van der Waals surface area contributed by atoms with Crippen LogP contribution in [0, 0.1) is 5.41 Å². The Kier molecular flexibility index (Phi) is 4.61. The van der Waals surface area contributed by atoms with Crippen molar-refractivity contribution in [2.45, 2.75) is 37.4 Å². The molecule has 0 bridgehead atoms. The van der Waals surface area contributed by atoms with E-state index in [1.807, 2.05) is 30.3 Å². The summed E-state index contributed by atoms with van der Waals surface area (Å²) in [6.45, 7) is 6.22. The Hall–Kier alpha value is -1.49. The zero-order valence-corrected chi connectivity index (χ0v) is 13.6.